The van der Waals surface area contributed by atoms with Gasteiger partial charge in [0.05, 0.1) is 0 Å². The molecule has 4 heteroatoms. The summed E-state index contributed by atoms with van der Waals surface area (Å²) < 4.78 is 0. The number of carbonyl (C=O) groups excluding carboxylic acids is 1. The van der Waals surface area contributed by atoms with Crippen molar-refractivity contribution in [2.75, 3.05) is 44.6 Å². The van der Waals surface area contributed by atoms with Crippen molar-refractivity contribution in [2.24, 2.45) is 0 Å². The Labute approximate surface area is 128 Å². The zero-order valence-electron chi connectivity index (χ0n) is 13.5. The molecule has 0 radical (unpaired) electrons. The van der Waals surface area contributed by atoms with Gasteiger partial charge in [0.25, 0.3) is 0 Å². The number of likely N-dealkylation sites (N-methyl/N-ethyl adjacent to an activating group) is 1. The van der Waals surface area contributed by atoms with E-state index in [0.717, 1.165) is 38.4 Å². The third kappa shape index (κ3) is 4.46. The minimum atomic E-state index is 0.266. The summed E-state index contributed by atoms with van der Waals surface area (Å²) in [5.41, 5.74) is 3.68. The van der Waals surface area contributed by atoms with Crippen LogP contribution in [-0.2, 0) is 4.79 Å². The topological polar surface area (TPSA) is 35.6 Å². The van der Waals surface area contributed by atoms with Crippen LogP contribution in [0.4, 0.5) is 5.69 Å². The lowest BCUT2D eigenvalue weighted by atomic mass is 10.1. The fraction of sp³-hybridized carbons (Fsp3) is 0.588. The monoisotopic (exact) mass is 289 g/mol. The minimum absolute atomic E-state index is 0.266. The average Bonchev–Trinajstić information content (AvgIpc) is 2.51. The molecule has 0 unspecified atom stereocenters. The number of nitrogens with zero attached hydrogens (tertiary/aromatic N) is 2. The van der Waals surface area contributed by atoms with Gasteiger partial charge in [0, 0.05) is 44.8 Å². The van der Waals surface area contributed by atoms with Crippen LogP contribution in [0.2, 0.25) is 0 Å². The van der Waals surface area contributed by atoms with Crippen LogP contribution in [-0.4, -0.2) is 55.0 Å². The highest BCUT2D eigenvalue weighted by Crippen LogP contribution is 2.14. The van der Waals surface area contributed by atoms with Crippen LogP contribution in [0.1, 0.15) is 24.5 Å². The summed E-state index contributed by atoms with van der Waals surface area (Å²) >= 11 is 0. The molecule has 0 saturated carbocycles. The molecule has 1 aliphatic heterocycles. The van der Waals surface area contributed by atoms with Gasteiger partial charge in [0.2, 0.25) is 5.91 Å². The van der Waals surface area contributed by atoms with E-state index in [4.69, 9.17) is 0 Å². The van der Waals surface area contributed by atoms with Gasteiger partial charge in [-0.15, -0.1) is 0 Å². The number of aryl methyl sites for hydroxylation is 2. The predicted octanol–water partition coefficient (Wildman–Crippen LogP) is 2.27. The molecule has 1 heterocycles. The quantitative estimate of drug-likeness (QED) is 0.903. The zero-order chi connectivity index (χ0) is 15.2. The second kappa shape index (κ2) is 7.46. The van der Waals surface area contributed by atoms with Crippen LogP contribution in [0.5, 0.6) is 0 Å². The van der Waals surface area contributed by atoms with E-state index in [-0.39, 0.29) is 5.91 Å². The van der Waals surface area contributed by atoms with Gasteiger partial charge in [0.1, 0.15) is 0 Å². The number of carbonyl (C=O) groups is 1. The molecule has 0 aliphatic carbocycles. The number of amides is 1. The number of anilines is 1. The maximum Gasteiger partial charge on any atom is 0.224 e. The van der Waals surface area contributed by atoms with Gasteiger partial charge in [-0.2, -0.15) is 0 Å². The summed E-state index contributed by atoms with van der Waals surface area (Å²) in [7, 11) is 0. The third-order valence-corrected chi connectivity index (χ3v) is 4.35. The summed E-state index contributed by atoms with van der Waals surface area (Å²) in [5.74, 6) is 0.266. The lowest BCUT2D eigenvalue weighted by Crippen LogP contribution is -2.48. The maximum absolute atomic E-state index is 12.2. The Bertz CT molecular complexity index is 479. The first-order valence-electron chi connectivity index (χ1n) is 7.91. The number of nitrogens with one attached hydrogen (secondary N) is 1. The first-order valence-corrected chi connectivity index (χ1v) is 7.91. The predicted molar refractivity (Wildman–Crippen MR) is 87.7 cm³/mol. The van der Waals surface area contributed by atoms with E-state index < -0.39 is 0 Å². The van der Waals surface area contributed by atoms with E-state index in [9.17, 15) is 4.79 Å². The number of rotatable bonds is 5. The summed E-state index contributed by atoms with van der Waals surface area (Å²) in [5, 5.41) is 3.34. The normalized spacial score (nSPS) is 16.0. The van der Waals surface area contributed by atoms with Crippen LogP contribution >= 0.6 is 0 Å². The first-order chi connectivity index (χ1) is 10.1. The van der Waals surface area contributed by atoms with Gasteiger partial charge in [-0.1, -0.05) is 13.0 Å². The molecular formula is C17H27N3O. The molecular weight excluding hydrogens is 262 g/mol. The van der Waals surface area contributed by atoms with E-state index in [0.29, 0.717) is 13.0 Å². The molecule has 1 saturated heterocycles. The summed E-state index contributed by atoms with van der Waals surface area (Å²) in [6.07, 6.45) is 0.569. The largest absolute Gasteiger partial charge is 0.385 e. The van der Waals surface area contributed by atoms with Crippen molar-refractivity contribution in [3.63, 3.8) is 0 Å². The lowest BCUT2D eigenvalue weighted by molar-refractivity contribution is -0.132. The van der Waals surface area contributed by atoms with Crippen LogP contribution in [0.3, 0.4) is 0 Å². The van der Waals surface area contributed by atoms with Gasteiger partial charge >= 0.3 is 0 Å². The molecule has 1 amide bonds. The van der Waals surface area contributed by atoms with Gasteiger partial charge in [-0.3, -0.25) is 4.79 Å². The van der Waals surface area contributed by atoms with Gasteiger partial charge in [-0.25, -0.2) is 0 Å². The van der Waals surface area contributed by atoms with Gasteiger partial charge < -0.3 is 15.1 Å². The molecule has 1 aromatic rings. The Morgan fingerprint density at radius 3 is 2.48 bits per heavy atom. The highest BCUT2D eigenvalue weighted by molar-refractivity contribution is 5.76. The van der Waals surface area contributed by atoms with Crippen molar-refractivity contribution in [3.8, 4) is 0 Å². The molecule has 116 valence electrons. The summed E-state index contributed by atoms with van der Waals surface area (Å²) in [4.78, 5) is 16.6. The fourth-order valence-electron chi connectivity index (χ4n) is 2.64. The maximum atomic E-state index is 12.2. The van der Waals surface area contributed by atoms with Crippen molar-refractivity contribution in [1.82, 2.24) is 9.80 Å². The lowest BCUT2D eigenvalue weighted by Gasteiger charge is -2.34. The zero-order valence-corrected chi connectivity index (χ0v) is 13.5. The van der Waals surface area contributed by atoms with Crippen molar-refractivity contribution in [2.45, 2.75) is 27.2 Å². The second-order valence-electron chi connectivity index (χ2n) is 5.79. The van der Waals surface area contributed by atoms with E-state index in [1.165, 1.54) is 11.1 Å². The highest BCUT2D eigenvalue weighted by atomic mass is 16.2. The highest BCUT2D eigenvalue weighted by Gasteiger charge is 2.19. The molecule has 2 rings (SSSR count). The molecule has 0 atom stereocenters. The van der Waals surface area contributed by atoms with Gasteiger partial charge in [-0.05, 0) is 43.7 Å². The molecule has 0 bridgehead atoms. The molecule has 1 aliphatic rings. The Kier molecular flexibility index (Phi) is 5.62. The Balaban J connectivity index is 1.73. The van der Waals surface area contributed by atoms with Crippen molar-refractivity contribution in [1.29, 1.82) is 0 Å². The SMILES string of the molecule is CCN1CCN(C(=O)CCNc2ccc(C)c(C)c2)CC1. The smallest absolute Gasteiger partial charge is 0.224 e. The molecule has 1 aromatic carbocycles. The van der Waals surface area contributed by atoms with Gasteiger partial charge in [0.15, 0.2) is 0 Å². The Hall–Kier alpha value is -1.55. The van der Waals surface area contributed by atoms with E-state index in [1.54, 1.807) is 0 Å². The third-order valence-electron chi connectivity index (χ3n) is 4.35. The number of benzene rings is 1. The van der Waals surface area contributed by atoms with Crippen LogP contribution in [0.25, 0.3) is 0 Å². The minimum Gasteiger partial charge on any atom is -0.385 e. The molecule has 1 fully saturated rings. The van der Waals surface area contributed by atoms with Crippen molar-refractivity contribution in [3.05, 3.63) is 29.3 Å². The van der Waals surface area contributed by atoms with Crippen LogP contribution in [0, 0.1) is 13.8 Å². The molecule has 1 N–H and O–H groups in total. The van der Waals surface area contributed by atoms with Crippen molar-refractivity contribution < 1.29 is 4.79 Å². The molecule has 0 aromatic heterocycles. The Morgan fingerprint density at radius 2 is 1.86 bits per heavy atom. The van der Waals surface area contributed by atoms with Crippen molar-refractivity contribution >= 4 is 11.6 Å². The van der Waals surface area contributed by atoms with E-state index in [1.807, 2.05) is 4.90 Å². The standard InChI is InChI=1S/C17H27N3O/c1-4-19-9-11-20(12-10-19)17(21)7-8-18-16-6-5-14(2)15(3)13-16/h5-6,13,18H,4,7-12H2,1-3H3. The summed E-state index contributed by atoms with van der Waals surface area (Å²) in [6.45, 7) is 11.9. The van der Waals surface area contributed by atoms with Crippen LogP contribution in [0.15, 0.2) is 18.2 Å². The number of piperazine rings is 1. The molecule has 21 heavy (non-hydrogen) atoms. The second-order valence-corrected chi connectivity index (χ2v) is 5.79. The molecule has 0 spiro atoms. The number of hydrogen-bond donors (Lipinski definition) is 1. The van der Waals surface area contributed by atoms with E-state index >= 15 is 0 Å². The molecule has 4 nitrogen and oxygen atoms in total. The number of hydrogen-bond acceptors (Lipinski definition) is 3. The van der Waals surface area contributed by atoms with Crippen LogP contribution < -0.4 is 5.32 Å². The fourth-order valence-corrected chi connectivity index (χ4v) is 2.64. The average molecular weight is 289 g/mol. The summed E-state index contributed by atoms with van der Waals surface area (Å²) in [6, 6.07) is 6.33. The first kappa shape index (κ1) is 15.8. The van der Waals surface area contributed by atoms with E-state index in [2.05, 4.69) is 49.2 Å². The Morgan fingerprint density at radius 1 is 1.14 bits per heavy atom.